The molecule has 0 spiro atoms. The molecule has 0 amide bonds. The van der Waals surface area contributed by atoms with E-state index < -0.39 is 0 Å². The van der Waals surface area contributed by atoms with E-state index in [-0.39, 0.29) is 0 Å². The summed E-state index contributed by atoms with van der Waals surface area (Å²) < 4.78 is 0. The van der Waals surface area contributed by atoms with Crippen LogP contribution < -0.4 is 0 Å². The van der Waals surface area contributed by atoms with E-state index in [1.807, 2.05) is 18.2 Å². The molecule has 1 heterocycles. The van der Waals surface area contributed by atoms with Gasteiger partial charge >= 0.3 is 0 Å². The molecule has 0 N–H and O–H groups in total. The number of aromatic nitrogens is 2. The molecule has 7 aromatic carbocycles. The molecule has 8 rings (SSSR count). The second kappa shape index (κ2) is 13.2. The zero-order valence-electron chi connectivity index (χ0n) is 26.4. The van der Waals surface area contributed by atoms with Gasteiger partial charge in [0.2, 0.25) is 0 Å². The Hall–Kier alpha value is -6.38. The van der Waals surface area contributed by atoms with Crippen LogP contribution in [0.3, 0.4) is 0 Å². The van der Waals surface area contributed by atoms with Crippen LogP contribution in [0.15, 0.2) is 194 Å². The minimum absolute atomic E-state index is 0.695. The Morgan fingerprint density at radius 3 is 0.750 bits per heavy atom. The zero-order valence-corrected chi connectivity index (χ0v) is 26.4. The first-order chi connectivity index (χ1) is 23.8. The van der Waals surface area contributed by atoms with Crippen molar-refractivity contribution in [2.45, 2.75) is 0 Å². The Balaban J connectivity index is 1.36. The van der Waals surface area contributed by atoms with E-state index in [2.05, 4.69) is 176 Å². The fourth-order valence-corrected chi connectivity index (χ4v) is 6.20. The van der Waals surface area contributed by atoms with Crippen molar-refractivity contribution in [3.8, 4) is 78.4 Å². The maximum absolute atomic E-state index is 5.22. The Morgan fingerprint density at radius 1 is 0.208 bits per heavy atom. The Labute approximate surface area is 281 Å². The molecular weight excluding hydrogens is 581 g/mol. The van der Waals surface area contributed by atoms with E-state index >= 15 is 0 Å². The molecule has 0 radical (unpaired) electrons. The molecule has 2 nitrogen and oxygen atoms in total. The SMILES string of the molecule is c1ccc(-c2cc(-c3ccccc3)cc(-c3cc(-c4cc(-c5ccccc5)cc(-c5ccccc5)c4)nc(-c4ccccc4)n3)c2)cc1. The predicted octanol–water partition coefficient (Wildman–Crippen LogP) is 12.1. The third-order valence-electron chi connectivity index (χ3n) is 8.64. The Morgan fingerprint density at radius 2 is 0.458 bits per heavy atom. The van der Waals surface area contributed by atoms with Crippen molar-refractivity contribution >= 4 is 0 Å². The largest absolute Gasteiger partial charge is 0.228 e. The van der Waals surface area contributed by atoms with E-state index in [1.165, 1.54) is 0 Å². The number of nitrogens with zero attached hydrogens (tertiary/aromatic N) is 2. The third-order valence-corrected chi connectivity index (χ3v) is 8.64. The van der Waals surface area contributed by atoms with Crippen LogP contribution in [0.1, 0.15) is 0 Å². The smallest absolute Gasteiger partial charge is 0.160 e. The zero-order chi connectivity index (χ0) is 32.1. The molecule has 0 unspecified atom stereocenters. The van der Waals surface area contributed by atoms with Crippen molar-refractivity contribution in [1.82, 2.24) is 9.97 Å². The average Bonchev–Trinajstić information content (AvgIpc) is 3.19. The molecule has 8 aromatic rings. The first kappa shape index (κ1) is 29.1. The van der Waals surface area contributed by atoms with E-state index in [0.29, 0.717) is 5.82 Å². The monoisotopic (exact) mass is 612 g/mol. The van der Waals surface area contributed by atoms with Gasteiger partial charge in [0.05, 0.1) is 11.4 Å². The van der Waals surface area contributed by atoms with E-state index in [1.54, 1.807) is 0 Å². The molecular formula is C46H32N2. The molecule has 0 saturated carbocycles. The molecule has 226 valence electrons. The highest BCUT2D eigenvalue weighted by molar-refractivity contribution is 5.84. The summed E-state index contributed by atoms with van der Waals surface area (Å²) >= 11 is 0. The van der Waals surface area contributed by atoms with Gasteiger partial charge in [0, 0.05) is 16.7 Å². The summed E-state index contributed by atoms with van der Waals surface area (Å²) in [5, 5.41) is 0. The van der Waals surface area contributed by atoms with Gasteiger partial charge in [0.1, 0.15) is 0 Å². The van der Waals surface area contributed by atoms with Crippen molar-refractivity contribution in [3.05, 3.63) is 194 Å². The molecule has 0 fully saturated rings. The normalized spacial score (nSPS) is 10.9. The van der Waals surface area contributed by atoms with E-state index in [4.69, 9.17) is 9.97 Å². The van der Waals surface area contributed by atoms with Gasteiger partial charge < -0.3 is 0 Å². The lowest BCUT2D eigenvalue weighted by Crippen LogP contribution is -1.97. The summed E-state index contributed by atoms with van der Waals surface area (Å²) in [5.74, 6) is 0.695. The van der Waals surface area contributed by atoms with Crippen LogP contribution in [0.4, 0.5) is 0 Å². The fourth-order valence-electron chi connectivity index (χ4n) is 6.20. The lowest BCUT2D eigenvalue weighted by Gasteiger charge is -2.15. The van der Waals surface area contributed by atoms with E-state index in [9.17, 15) is 0 Å². The highest BCUT2D eigenvalue weighted by Gasteiger charge is 2.15. The molecule has 0 saturated heterocycles. The maximum Gasteiger partial charge on any atom is 0.160 e. The van der Waals surface area contributed by atoms with Crippen LogP contribution >= 0.6 is 0 Å². The highest BCUT2D eigenvalue weighted by Crippen LogP contribution is 2.37. The molecule has 0 bridgehead atoms. The predicted molar refractivity (Wildman–Crippen MR) is 200 cm³/mol. The van der Waals surface area contributed by atoms with Gasteiger partial charge in [-0.25, -0.2) is 9.97 Å². The molecule has 0 atom stereocenters. The number of hydrogen-bond donors (Lipinski definition) is 0. The van der Waals surface area contributed by atoms with Gasteiger partial charge in [-0.05, 0) is 87.0 Å². The maximum atomic E-state index is 5.22. The summed E-state index contributed by atoms with van der Waals surface area (Å²) in [4.78, 5) is 10.4. The van der Waals surface area contributed by atoms with Crippen LogP contribution in [-0.4, -0.2) is 9.97 Å². The van der Waals surface area contributed by atoms with E-state index in [0.717, 1.165) is 72.6 Å². The van der Waals surface area contributed by atoms with Gasteiger partial charge in [-0.1, -0.05) is 152 Å². The van der Waals surface area contributed by atoms with Crippen molar-refractivity contribution in [3.63, 3.8) is 0 Å². The van der Waals surface area contributed by atoms with Gasteiger partial charge in [-0.2, -0.15) is 0 Å². The minimum atomic E-state index is 0.695. The first-order valence-corrected chi connectivity index (χ1v) is 16.2. The van der Waals surface area contributed by atoms with Crippen molar-refractivity contribution in [2.24, 2.45) is 0 Å². The van der Waals surface area contributed by atoms with Gasteiger partial charge in [-0.15, -0.1) is 0 Å². The average molecular weight is 613 g/mol. The second-order valence-corrected chi connectivity index (χ2v) is 11.9. The summed E-state index contributed by atoms with van der Waals surface area (Å²) in [6.45, 7) is 0. The summed E-state index contributed by atoms with van der Waals surface area (Å²) in [6, 6.07) is 68.2. The van der Waals surface area contributed by atoms with Crippen LogP contribution in [0, 0.1) is 0 Å². The van der Waals surface area contributed by atoms with Crippen LogP contribution in [0.2, 0.25) is 0 Å². The standard InChI is InChI=1S/C46H32N2/c1-6-16-33(17-7-1)38-26-39(34-18-8-2-9-19-34)29-42(28-38)44-32-45(48-46(47-44)37-24-14-5-15-25-37)43-30-40(35-20-10-3-11-21-35)27-41(31-43)36-22-12-4-13-23-36/h1-32H. The Bertz CT molecular complexity index is 2040. The second-order valence-electron chi connectivity index (χ2n) is 11.9. The molecule has 0 aliphatic carbocycles. The highest BCUT2D eigenvalue weighted by atomic mass is 14.9. The van der Waals surface area contributed by atoms with Crippen LogP contribution in [-0.2, 0) is 0 Å². The molecule has 0 aliphatic heterocycles. The first-order valence-electron chi connectivity index (χ1n) is 16.2. The fraction of sp³-hybridized carbons (Fsp3) is 0. The number of hydrogen-bond acceptors (Lipinski definition) is 2. The van der Waals surface area contributed by atoms with Crippen LogP contribution in [0.5, 0.6) is 0 Å². The third kappa shape index (κ3) is 6.20. The molecule has 1 aromatic heterocycles. The molecule has 0 aliphatic rings. The van der Waals surface area contributed by atoms with Crippen molar-refractivity contribution in [2.75, 3.05) is 0 Å². The molecule has 48 heavy (non-hydrogen) atoms. The topological polar surface area (TPSA) is 25.8 Å². The quantitative estimate of drug-likeness (QED) is 0.179. The van der Waals surface area contributed by atoms with Crippen molar-refractivity contribution < 1.29 is 0 Å². The Kier molecular flexibility index (Phi) is 7.96. The minimum Gasteiger partial charge on any atom is -0.228 e. The van der Waals surface area contributed by atoms with Gasteiger partial charge in [0.25, 0.3) is 0 Å². The van der Waals surface area contributed by atoms with Crippen LogP contribution in [0.25, 0.3) is 78.4 Å². The lowest BCUT2D eigenvalue weighted by molar-refractivity contribution is 1.18. The van der Waals surface area contributed by atoms with Crippen molar-refractivity contribution in [1.29, 1.82) is 0 Å². The van der Waals surface area contributed by atoms with Gasteiger partial charge in [-0.3, -0.25) is 0 Å². The summed E-state index contributed by atoms with van der Waals surface area (Å²) in [6.07, 6.45) is 0. The lowest BCUT2D eigenvalue weighted by atomic mass is 9.93. The summed E-state index contributed by atoms with van der Waals surface area (Å²) in [7, 11) is 0. The summed E-state index contributed by atoms with van der Waals surface area (Å²) in [5.41, 5.74) is 14.0. The number of benzene rings is 7. The molecule has 2 heteroatoms. The number of rotatable bonds is 7. The van der Waals surface area contributed by atoms with Gasteiger partial charge in [0.15, 0.2) is 5.82 Å².